The molecule has 1 aromatic carbocycles. The van der Waals surface area contributed by atoms with E-state index in [2.05, 4.69) is 4.72 Å². The summed E-state index contributed by atoms with van der Waals surface area (Å²) in [6.07, 6.45) is -2.88. The molecule has 1 aliphatic heterocycles. The van der Waals surface area contributed by atoms with E-state index in [0.717, 1.165) is 25.0 Å². The number of rotatable bonds is 6. The molecule has 9 heteroatoms. The molecule has 23 heavy (non-hydrogen) atoms. The number of hydrogen-bond donors (Lipinski definition) is 1. The van der Waals surface area contributed by atoms with Crippen molar-refractivity contribution in [2.75, 3.05) is 25.5 Å². The quantitative estimate of drug-likeness (QED) is 0.784. The lowest BCUT2D eigenvalue weighted by Crippen LogP contribution is -2.29. The fourth-order valence-electron chi connectivity index (χ4n) is 2.26. The summed E-state index contributed by atoms with van der Waals surface area (Å²) in [6, 6.07) is 4.19. The van der Waals surface area contributed by atoms with Gasteiger partial charge in [-0.25, -0.2) is 13.1 Å². The molecule has 0 amide bonds. The topological polar surface area (TPSA) is 55.4 Å². The molecular formula is C14H18F3NO3S2. The Bertz CT molecular complexity index is 614. The van der Waals surface area contributed by atoms with Gasteiger partial charge in [-0.3, -0.25) is 0 Å². The molecule has 0 bridgehead atoms. The van der Waals surface area contributed by atoms with Crippen LogP contribution in [-0.4, -0.2) is 39.2 Å². The molecule has 0 unspecified atom stereocenters. The van der Waals surface area contributed by atoms with Gasteiger partial charge in [-0.2, -0.15) is 24.9 Å². The largest absolute Gasteiger partial charge is 0.417 e. The minimum atomic E-state index is -4.71. The smallest absolute Gasteiger partial charge is 0.381 e. The number of halogens is 3. The zero-order valence-corrected chi connectivity index (χ0v) is 13.9. The van der Waals surface area contributed by atoms with Crippen LogP contribution in [0.25, 0.3) is 0 Å². The van der Waals surface area contributed by atoms with Gasteiger partial charge < -0.3 is 4.74 Å². The van der Waals surface area contributed by atoms with Gasteiger partial charge in [-0.15, -0.1) is 0 Å². The van der Waals surface area contributed by atoms with Crippen LogP contribution < -0.4 is 4.72 Å². The Balaban J connectivity index is 1.94. The lowest BCUT2D eigenvalue weighted by molar-refractivity contribution is -0.139. The molecule has 1 fully saturated rings. The van der Waals surface area contributed by atoms with E-state index in [1.54, 1.807) is 11.8 Å². The van der Waals surface area contributed by atoms with Crippen molar-refractivity contribution in [2.45, 2.75) is 29.2 Å². The predicted octanol–water partition coefficient (Wildman–Crippen LogP) is 2.90. The van der Waals surface area contributed by atoms with Crippen molar-refractivity contribution in [3.8, 4) is 0 Å². The fraction of sp³-hybridized carbons (Fsp3) is 0.571. The summed E-state index contributed by atoms with van der Waals surface area (Å²) in [5, 5.41) is 0.413. The van der Waals surface area contributed by atoms with Crippen LogP contribution in [0.15, 0.2) is 29.2 Å². The Hall–Kier alpha value is -0.770. The first-order valence-corrected chi connectivity index (χ1v) is 9.69. The molecule has 1 aromatic rings. The Morgan fingerprint density at radius 1 is 1.22 bits per heavy atom. The molecular weight excluding hydrogens is 351 g/mol. The zero-order chi connectivity index (χ0) is 16.9. The number of alkyl halides is 3. The van der Waals surface area contributed by atoms with Gasteiger partial charge >= 0.3 is 6.18 Å². The van der Waals surface area contributed by atoms with E-state index in [1.165, 1.54) is 12.1 Å². The highest BCUT2D eigenvalue weighted by Gasteiger charge is 2.36. The second-order valence-corrected chi connectivity index (χ2v) is 8.22. The van der Waals surface area contributed by atoms with Gasteiger partial charge in [0.1, 0.15) is 0 Å². The van der Waals surface area contributed by atoms with E-state index in [1.807, 2.05) is 0 Å². The zero-order valence-electron chi connectivity index (χ0n) is 12.3. The van der Waals surface area contributed by atoms with Crippen LogP contribution in [0.1, 0.15) is 18.4 Å². The van der Waals surface area contributed by atoms with E-state index in [9.17, 15) is 21.6 Å². The summed E-state index contributed by atoms with van der Waals surface area (Å²) >= 11 is 1.61. The van der Waals surface area contributed by atoms with Crippen LogP contribution in [0.5, 0.6) is 0 Å². The lowest BCUT2D eigenvalue weighted by atomic mass is 10.2. The molecule has 130 valence electrons. The van der Waals surface area contributed by atoms with Crippen LogP contribution in [0.2, 0.25) is 0 Å². The van der Waals surface area contributed by atoms with Crippen molar-refractivity contribution >= 4 is 21.8 Å². The molecule has 2 rings (SSSR count). The molecule has 4 nitrogen and oxygen atoms in total. The number of hydrogen-bond acceptors (Lipinski definition) is 4. The average Bonchev–Trinajstić information content (AvgIpc) is 2.52. The second kappa shape index (κ2) is 7.87. The minimum absolute atomic E-state index is 0.0938. The molecule has 0 saturated carbocycles. The van der Waals surface area contributed by atoms with Crippen molar-refractivity contribution in [3.63, 3.8) is 0 Å². The first-order valence-electron chi connectivity index (χ1n) is 7.16. The number of nitrogens with one attached hydrogen (secondary N) is 1. The first kappa shape index (κ1) is 18.6. The van der Waals surface area contributed by atoms with Crippen LogP contribution in [-0.2, 0) is 20.9 Å². The molecule has 0 radical (unpaired) electrons. The highest BCUT2D eigenvalue weighted by molar-refractivity contribution is 8.00. The third-order valence-corrected chi connectivity index (χ3v) is 6.30. The highest BCUT2D eigenvalue weighted by Crippen LogP contribution is 2.33. The SMILES string of the molecule is O=S(=O)(NCCSC1CCOCC1)c1ccccc1C(F)(F)F. The fourth-order valence-corrected chi connectivity index (χ4v) is 4.72. The summed E-state index contributed by atoms with van der Waals surface area (Å²) in [7, 11) is -4.19. The van der Waals surface area contributed by atoms with Crippen LogP contribution in [0.4, 0.5) is 13.2 Å². The maximum absolute atomic E-state index is 12.9. The summed E-state index contributed by atoms with van der Waals surface area (Å²) in [6.45, 7) is 1.49. The standard InChI is InChI=1S/C14H18F3NO3S2/c15-14(16,17)12-3-1-2-4-13(12)23(19,20)18-7-10-22-11-5-8-21-9-6-11/h1-4,11,18H,5-10H2. The molecule has 0 aliphatic carbocycles. The molecule has 1 N–H and O–H groups in total. The summed E-state index contributed by atoms with van der Waals surface area (Å²) < 4.78 is 70.4. The molecule has 1 heterocycles. The van der Waals surface area contributed by atoms with E-state index in [4.69, 9.17) is 4.74 Å². The molecule has 0 spiro atoms. The molecule has 0 aromatic heterocycles. The Labute approximate surface area is 137 Å². The number of sulfonamides is 1. The van der Waals surface area contributed by atoms with Crippen molar-refractivity contribution in [2.24, 2.45) is 0 Å². The van der Waals surface area contributed by atoms with Crippen LogP contribution in [0.3, 0.4) is 0 Å². The lowest BCUT2D eigenvalue weighted by Gasteiger charge is -2.21. The monoisotopic (exact) mass is 369 g/mol. The van der Waals surface area contributed by atoms with Crippen LogP contribution >= 0.6 is 11.8 Å². The van der Waals surface area contributed by atoms with Crippen molar-refractivity contribution < 1.29 is 26.3 Å². The van der Waals surface area contributed by atoms with Gasteiger partial charge in [0, 0.05) is 30.8 Å². The van der Waals surface area contributed by atoms with Gasteiger partial charge in [0.15, 0.2) is 0 Å². The third kappa shape index (κ3) is 5.37. The Kier molecular flexibility index (Phi) is 6.35. The van der Waals surface area contributed by atoms with E-state index < -0.39 is 26.7 Å². The maximum Gasteiger partial charge on any atom is 0.417 e. The van der Waals surface area contributed by atoms with Gasteiger partial charge in [0.25, 0.3) is 0 Å². The molecule has 1 aliphatic rings. The van der Waals surface area contributed by atoms with Crippen LogP contribution in [0, 0.1) is 0 Å². The number of ether oxygens (including phenoxy) is 1. The summed E-state index contributed by atoms with van der Waals surface area (Å²) in [4.78, 5) is -0.733. The highest BCUT2D eigenvalue weighted by atomic mass is 32.2. The van der Waals surface area contributed by atoms with Gasteiger partial charge in [0.05, 0.1) is 10.5 Å². The van der Waals surface area contributed by atoms with E-state index >= 15 is 0 Å². The Morgan fingerprint density at radius 3 is 2.52 bits per heavy atom. The maximum atomic E-state index is 12.9. The summed E-state index contributed by atoms with van der Waals surface area (Å²) in [5.74, 6) is 0.512. The first-order chi connectivity index (χ1) is 10.8. The number of thioether (sulfide) groups is 1. The molecule has 0 atom stereocenters. The third-order valence-electron chi connectivity index (χ3n) is 3.40. The number of benzene rings is 1. The van der Waals surface area contributed by atoms with Gasteiger partial charge in [0.2, 0.25) is 10.0 Å². The second-order valence-electron chi connectivity index (χ2n) is 5.07. The summed E-state index contributed by atoms with van der Waals surface area (Å²) in [5.41, 5.74) is -1.15. The van der Waals surface area contributed by atoms with Crippen molar-refractivity contribution in [3.05, 3.63) is 29.8 Å². The van der Waals surface area contributed by atoms with E-state index in [0.29, 0.717) is 24.2 Å². The minimum Gasteiger partial charge on any atom is -0.381 e. The van der Waals surface area contributed by atoms with Gasteiger partial charge in [-0.1, -0.05) is 12.1 Å². The van der Waals surface area contributed by atoms with E-state index in [-0.39, 0.29) is 6.54 Å². The normalized spacial score (nSPS) is 17.3. The van der Waals surface area contributed by atoms with Crippen molar-refractivity contribution in [1.82, 2.24) is 4.72 Å². The Morgan fingerprint density at radius 2 is 1.87 bits per heavy atom. The van der Waals surface area contributed by atoms with Crippen molar-refractivity contribution in [1.29, 1.82) is 0 Å². The van der Waals surface area contributed by atoms with Gasteiger partial charge in [-0.05, 0) is 25.0 Å². The predicted molar refractivity (Wildman–Crippen MR) is 82.9 cm³/mol. The molecule has 1 saturated heterocycles. The average molecular weight is 369 g/mol.